The average Bonchev–Trinajstić information content (AvgIpc) is 2.86. The molecule has 0 spiro atoms. The van der Waals surface area contributed by atoms with Crippen molar-refractivity contribution in [2.24, 2.45) is 11.8 Å². The smallest absolute Gasteiger partial charge is 0.408 e. The Balaban J connectivity index is 3.10. The highest BCUT2D eigenvalue weighted by Crippen LogP contribution is 2.11. The van der Waals surface area contributed by atoms with Crippen LogP contribution in [0.15, 0.2) is 30.3 Å². The minimum Gasteiger partial charge on any atom is -0.481 e. The highest BCUT2D eigenvalue weighted by molar-refractivity contribution is 5.95. The number of nitrogens with two attached hydrogens (primary N) is 1. The van der Waals surface area contributed by atoms with Gasteiger partial charge in [-0.1, -0.05) is 44.2 Å². The van der Waals surface area contributed by atoms with Crippen LogP contribution < -0.4 is 27.2 Å². The summed E-state index contributed by atoms with van der Waals surface area (Å²) in [5.41, 5.74) is 1.73. The van der Waals surface area contributed by atoms with Gasteiger partial charge in [-0.05, 0) is 38.7 Å². The van der Waals surface area contributed by atoms with E-state index in [1.165, 1.54) is 0 Å². The summed E-state index contributed by atoms with van der Waals surface area (Å²) in [6.07, 6.45) is -2.48. The molecule has 1 rings (SSSR count). The molecule has 0 saturated heterocycles. The number of aliphatic carboxylic acids is 1. The number of hydrogen-bond donors (Lipinski definition) is 6. The second kappa shape index (κ2) is 16.0. The number of alkyl carbamates (subject to hydrolysis) is 1. The Morgan fingerprint density at radius 3 is 2.02 bits per heavy atom. The normalized spacial score (nSPS) is 13.3. The summed E-state index contributed by atoms with van der Waals surface area (Å²) < 4.78 is 10.4. The fraction of sp³-hybridized carbons (Fsp3) is 0.538. The van der Waals surface area contributed by atoms with E-state index in [9.17, 15) is 28.8 Å². The number of carboxylic acid groups (broad SMARTS) is 1. The Kier molecular flexibility index (Phi) is 13.6. The number of carbonyl (C=O) groups excluding carboxylic acids is 5. The van der Waals surface area contributed by atoms with Gasteiger partial charge >= 0.3 is 18.0 Å². The van der Waals surface area contributed by atoms with Gasteiger partial charge in [0.25, 0.3) is 5.91 Å². The van der Waals surface area contributed by atoms with Crippen molar-refractivity contribution in [1.29, 1.82) is 0 Å². The van der Waals surface area contributed by atoms with Crippen molar-refractivity contribution >= 4 is 35.8 Å². The molecule has 0 fully saturated rings. The predicted molar refractivity (Wildman–Crippen MR) is 142 cm³/mol. The lowest BCUT2D eigenvalue weighted by Crippen LogP contribution is -2.58. The first-order valence-corrected chi connectivity index (χ1v) is 12.6. The number of carboxylic acids is 1. The standard InChI is InChI=1S/C26H39N5O9/c1-15(2)21(24(37)31-27)30-22(35)17(11-12-19(32)33)28-23(36)18(13-20(34)40-26(3,4)5)29-25(38)39-14-16-9-7-6-8-10-16/h6-10,15,17-18,21H,11-14,27H2,1-5H3,(H,28,36)(H,29,38)(H,30,35)(H,31,37)(H,32,33). The Morgan fingerprint density at radius 2 is 1.50 bits per heavy atom. The van der Waals surface area contributed by atoms with Gasteiger partial charge in [-0.2, -0.15) is 0 Å². The van der Waals surface area contributed by atoms with Gasteiger partial charge in [0.2, 0.25) is 11.8 Å². The van der Waals surface area contributed by atoms with Crippen LogP contribution in [0.25, 0.3) is 0 Å². The third-order valence-corrected chi connectivity index (χ3v) is 5.28. The van der Waals surface area contributed by atoms with Gasteiger partial charge in [0.15, 0.2) is 0 Å². The van der Waals surface area contributed by atoms with E-state index in [1.807, 2.05) is 5.43 Å². The van der Waals surface area contributed by atoms with Gasteiger partial charge in [0.05, 0.1) is 6.42 Å². The summed E-state index contributed by atoms with van der Waals surface area (Å²) in [5, 5.41) is 16.2. The van der Waals surface area contributed by atoms with Crippen LogP contribution in [0, 0.1) is 5.92 Å². The van der Waals surface area contributed by atoms with E-state index in [4.69, 9.17) is 20.4 Å². The Labute approximate surface area is 232 Å². The molecular formula is C26H39N5O9. The number of amides is 4. The molecule has 0 aliphatic heterocycles. The zero-order chi connectivity index (χ0) is 30.5. The SMILES string of the molecule is CC(C)C(NC(=O)C(CCC(=O)O)NC(=O)C(CC(=O)OC(C)(C)C)NC(=O)OCc1ccccc1)C(=O)NN. The maximum Gasteiger partial charge on any atom is 0.408 e. The third-order valence-electron chi connectivity index (χ3n) is 5.28. The number of esters is 1. The Hall–Kier alpha value is -4.20. The summed E-state index contributed by atoms with van der Waals surface area (Å²) in [6.45, 7) is 8.04. The van der Waals surface area contributed by atoms with E-state index < -0.39 is 78.2 Å². The molecule has 0 heterocycles. The first kappa shape index (κ1) is 33.8. The fourth-order valence-corrected chi connectivity index (χ4v) is 3.35. The minimum atomic E-state index is -1.54. The summed E-state index contributed by atoms with van der Waals surface area (Å²) in [6, 6.07) is 4.68. The van der Waals surface area contributed by atoms with Gasteiger partial charge in [-0.3, -0.25) is 29.4 Å². The molecule has 3 atom stereocenters. The molecule has 14 heteroatoms. The van der Waals surface area contributed by atoms with Crippen LogP contribution >= 0.6 is 0 Å². The van der Waals surface area contributed by atoms with Gasteiger partial charge in [-0.25, -0.2) is 10.6 Å². The highest BCUT2D eigenvalue weighted by Gasteiger charge is 2.33. The minimum absolute atomic E-state index is 0.114. The lowest BCUT2D eigenvalue weighted by atomic mass is 10.0. The van der Waals surface area contributed by atoms with Crippen LogP contribution in [0.5, 0.6) is 0 Å². The number of hydrazine groups is 1. The summed E-state index contributed by atoms with van der Waals surface area (Å²) in [5.74, 6) is 0.200. The molecular weight excluding hydrogens is 526 g/mol. The zero-order valence-corrected chi connectivity index (χ0v) is 23.3. The van der Waals surface area contributed by atoms with E-state index in [0.717, 1.165) is 0 Å². The van der Waals surface area contributed by atoms with Gasteiger partial charge in [0, 0.05) is 6.42 Å². The topological polar surface area (TPSA) is 215 Å². The summed E-state index contributed by atoms with van der Waals surface area (Å²) in [7, 11) is 0. The fourth-order valence-electron chi connectivity index (χ4n) is 3.35. The van der Waals surface area contributed by atoms with Crippen molar-refractivity contribution in [3.8, 4) is 0 Å². The van der Waals surface area contributed by atoms with Crippen LogP contribution in [0.1, 0.15) is 59.4 Å². The van der Waals surface area contributed by atoms with Crippen molar-refractivity contribution < 1.29 is 43.3 Å². The molecule has 40 heavy (non-hydrogen) atoms. The largest absolute Gasteiger partial charge is 0.481 e. The van der Waals surface area contributed by atoms with Crippen molar-refractivity contribution in [3.05, 3.63) is 35.9 Å². The highest BCUT2D eigenvalue weighted by atomic mass is 16.6. The Morgan fingerprint density at radius 1 is 0.900 bits per heavy atom. The molecule has 14 nitrogen and oxygen atoms in total. The van der Waals surface area contributed by atoms with E-state index in [2.05, 4.69) is 16.0 Å². The molecule has 0 bridgehead atoms. The van der Waals surface area contributed by atoms with Crippen LogP contribution in [-0.4, -0.2) is 64.6 Å². The maximum absolute atomic E-state index is 13.2. The van der Waals surface area contributed by atoms with Crippen molar-refractivity contribution in [2.45, 2.75) is 84.2 Å². The predicted octanol–water partition coefficient (Wildman–Crippen LogP) is 0.494. The Bertz CT molecular complexity index is 1040. The monoisotopic (exact) mass is 565 g/mol. The molecule has 0 aromatic heterocycles. The van der Waals surface area contributed by atoms with Crippen molar-refractivity contribution in [2.75, 3.05) is 0 Å². The van der Waals surface area contributed by atoms with Crippen LogP contribution in [0.2, 0.25) is 0 Å². The molecule has 3 unspecified atom stereocenters. The van der Waals surface area contributed by atoms with E-state index in [0.29, 0.717) is 5.56 Å². The number of ether oxygens (including phenoxy) is 2. The molecule has 222 valence electrons. The second-order valence-corrected chi connectivity index (χ2v) is 10.3. The lowest BCUT2D eigenvalue weighted by molar-refractivity contribution is -0.156. The van der Waals surface area contributed by atoms with Crippen LogP contribution in [-0.2, 0) is 40.1 Å². The molecule has 0 aliphatic rings. The summed E-state index contributed by atoms with van der Waals surface area (Å²) in [4.78, 5) is 74.4. The number of nitrogens with one attached hydrogen (secondary N) is 4. The van der Waals surface area contributed by atoms with E-state index in [1.54, 1.807) is 65.0 Å². The summed E-state index contributed by atoms with van der Waals surface area (Å²) >= 11 is 0. The quantitative estimate of drug-likeness (QED) is 0.0794. The molecule has 0 radical (unpaired) electrons. The molecule has 0 aliphatic carbocycles. The average molecular weight is 566 g/mol. The molecule has 0 saturated carbocycles. The molecule has 1 aromatic rings. The van der Waals surface area contributed by atoms with Crippen LogP contribution in [0.4, 0.5) is 4.79 Å². The number of hydrogen-bond acceptors (Lipinski definition) is 9. The molecule has 7 N–H and O–H groups in total. The van der Waals surface area contributed by atoms with E-state index >= 15 is 0 Å². The first-order chi connectivity index (χ1) is 18.6. The van der Waals surface area contributed by atoms with Crippen molar-refractivity contribution in [3.63, 3.8) is 0 Å². The van der Waals surface area contributed by atoms with Crippen molar-refractivity contribution in [1.82, 2.24) is 21.4 Å². The zero-order valence-electron chi connectivity index (χ0n) is 23.3. The van der Waals surface area contributed by atoms with Gasteiger partial charge in [-0.15, -0.1) is 0 Å². The third kappa shape index (κ3) is 13.0. The van der Waals surface area contributed by atoms with Crippen LogP contribution in [0.3, 0.4) is 0 Å². The number of benzene rings is 1. The number of carbonyl (C=O) groups is 6. The molecule has 4 amide bonds. The van der Waals surface area contributed by atoms with Gasteiger partial charge < -0.3 is 30.5 Å². The molecule has 1 aromatic carbocycles. The van der Waals surface area contributed by atoms with Gasteiger partial charge in [0.1, 0.15) is 30.3 Å². The maximum atomic E-state index is 13.2. The first-order valence-electron chi connectivity index (χ1n) is 12.6. The number of rotatable bonds is 14. The lowest BCUT2D eigenvalue weighted by Gasteiger charge is -2.26. The van der Waals surface area contributed by atoms with E-state index in [-0.39, 0.29) is 13.0 Å². The second-order valence-electron chi connectivity index (χ2n) is 10.3.